The molecule has 23 heavy (non-hydrogen) atoms. The summed E-state index contributed by atoms with van der Waals surface area (Å²) in [5.41, 5.74) is -0.710. The number of allylic oxidation sites excluding steroid dienone is 1. The van der Waals surface area contributed by atoms with E-state index in [0.29, 0.717) is 6.41 Å². The third kappa shape index (κ3) is 4.75. The van der Waals surface area contributed by atoms with Crippen molar-refractivity contribution < 1.29 is 24.1 Å². The van der Waals surface area contributed by atoms with E-state index >= 15 is 0 Å². The lowest BCUT2D eigenvalue weighted by molar-refractivity contribution is -0.541. The molecule has 0 saturated heterocycles. The Morgan fingerprint density at radius 2 is 2.00 bits per heavy atom. The molecule has 0 heterocycles. The Balaban J connectivity index is 3.19. The summed E-state index contributed by atoms with van der Waals surface area (Å²) in [7, 11) is 0. The van der Waals surface area contributed by atoms with E-state index in [1.54, 1.807) is 40.7 Å². The van der Waals surface area contributed by atoms with Crippen LogP contribution < -0.4 is 0 Å². The summed E-state index contributed by atoms with van der Waals surface area (Å²) in [6.07, 6.45) is 3.61. The van der Waals surface area contributed by atoms with Crippen LogP contribution in [0.2, 0.25) is 0 Å². The van der Waals surface area contributed by atoms with Crippen molar-refractivity contribution in [2.45, 2.75) is 52.3 Å². The van der Waals surface area contributed by atoms with Crippen molar-refractivity contribution in [1.29, 1.82) is 0 Å². The summed E-state index contributed by atoms with van der Waals surface area (Å²) in [6, 6.07) is -2.31. The van der Waals surface area contributed by atoms with Crippen molar-refractivity contribution in [3.05, 3.63) is 22.3 Å². The molecule has 0 radical (unpaired) electrons. The number of hydrogen-bond donors (Lipinski definition) is 0. The molecular formula is C15H24N2O6. The van der Waals surface area contributed by atoms with E-state index in [1.165, 1.54) is 6.08 Å². The molecule has 1 aliphatic carbocycles. The number of rotatable bonds is 6. The first-order valence-electron chi connectivity index (χ1n) is 7.53. The predicted octanol–water partition coefficient (Wildman–Crippen LogP) is 1.57. The van der Waals surface area contributed by atoms with Gasteiger partial charge < -0.3 is 4.74 Å². The molecule has 8 nitrogen and oxygen atoms in total. The molecule has 0 spiro atoms. The van der Waals surface area contributed by atoms with Gasteiger partial charge in [0.1, 0.15) is 12.0 Å². The first-order valence-corrected chi connectivity index (χ1v) is 7.53. The quantitative estimate of drug-likeness (QED) is 0.241. The van der Waals surface area contributed by atoms with Crippen LogP contribution in [-0.2, 0) is 19.2 Å². The van der Waals surface area contributed by atoms with E-state index in [4.69, 9.17) is 9.57 Å². The zero-order valence-corrected chi connectivity index (χ0v) is 14.1. The Kier molecular flexibility index (Phi) is 6.26. The van der Waals surface area contributed by atoms with Crippen LogP contribution >= 0.6 is 0 Å². The summed E-state index contributed by atoms with van der Waals surface area (Å²) >= 11 is 0. The molecule has 0 fully saturated rings. The van der Waals surface area contributed by atoms with Crippen molar-refractivity contribution in [1.82, 2.24) is 5.06 Å². The molecule has 1 rings (SSSR count). The van der Waals surface area contributed by atoms with Gasteiger partial charge in [-0.25, -0.2) is 5.06 Å². The van der Waals surface area contributed by atoms with Crippen molar-refractivity contribution in [2.75, 3.05) is 6.61 Å². The second-order valence-electron chi connectivity index (χ2n) is 6.46. The molecule has 4 unspecified atom stereocenters. The van der Waals surface area contributed by atoms with Gasteiger partial charge in [0.2, 0.25) is 6.41 Å². The van der Waals surface area contributed by atoms with Gasteiger partial charge in [0.25, 0.3) is 6.04 Å². The highest BCUT2D eigenvalue weighted by atomic mass is 16.7. The Hall–Kier alpha value is -1.96. The van der Waals surface area contributed by atoms with Crippen molar-refractivity contribution in [3.8, 4) is 0 Å². The van der Waals surface area contributed by atoms with E-state index in [-0.39, 0.29) is 12.5 Å². The molecule has 0 aliphatic heterocycles. The summed E-state index contributed by atoms with van der Waals surface area (Å²) in [6.45, 7) is 8.66. The maximum absolute atomic E-state index is 12.2. The van der Waals surface area contributed by atoms with Crippen LogP contribution in [0.5, 0.6) is 0 Å². The largest absolute Gasteiger partial charge is 0.466 e. The lowest BCUT2D eigenvalue weighted by atomic mass is 9.79. The lowest BCUT2D eigenvalue weighted by Gasteiger charge is -2.37. The van der Waals surface area contributed by atoms with Crippen LogP contribution in [-0.4, -0.2) is 46.7 Å². The molecular weight excluding hydrogens is 304 g/mol. The second-order valence-corrected chi connectivity index (χ2v) is 6.46. The van der Waals surface area contributed by atoms with Crippen molar-refractivity contribution >= 4 is 12.4 Å². The minimum Gasteiger partial charge on any atom is -0.466 e. The molecule has 0 bridgehead atoms. The van der Waals surface area contributed by atoms with E-state index in [0.717, 1.165) is 5.06 Å². The maximum Gasteiger partial charge on any atom is 0.316 e. The topological polar surface area (TPSA) is 99.0 Å². The van der Waals surface area contributed by atoms with E-state index in [9.17, 15) is 19.7 Å². The van der Waals surface area contributed by atoms with Crippen LogP contribution in [0.1, 0.15) is 34.6 Å². The van der Waals surface area contributed by atoms with Crippen LogP contribution in [0.25, 0.3) is 0 Å². The Bertz CT molecular complexity index is 485. The smallest absolute Gasteiger partial charge is 0.316 e. The average molecular weight is 328 g/mol. The molecule has 4 atom stereocenters. The zero-order valence-electron chi connectivity index (χ0n) is 14.1. The fourth-order valence-corrected chi connectivity index (χ4v) is 2.60. The van der Waals surface area contributed by atoms with Crippen LogP contribution in [0.15, 0.2) is 12.2 Å². The van der Waals surface area contributed by atoms with Crippen molar-refractivity contribution in [3.63, 3.8) is 0 Å². The van der Waals surface area contributed by atoms with E-state index < -0.39 is 34.5 Å². The second kappa shape index (κ2) is 7.54. The zero-order chi connectivity index (χ0) is 17.8. The standard InChI is InChI=1S/C15H24N2O6/c1-6-22-14(19)12-10(2)7-8-11(13(12)17(20)21)16(9-18)23-15(3,4)5/h7-13H,6H2,1-5H3. The van der Waals surface area contributed by atoms with Gasteiger partial charge in [0, 0.05) is 4.92 Å². The summed E-state index contributed by atoms with van der Waals surface area (Å²) < 4.78 is 4.97. The highest BCUT2D eigenvalue weighted by Gasteiger charge is 2.51. The Morgan fingerprint density at radius 3 is 2.43 bits per heavy atom. The normalized spacial score (nSPS) is 27.3. The van der Waals surface area contributed by atoms with E-state index in [2.05, 4.69) is 0 Å². The molecule has 0 N–H and O–H groups in total. The minimum atomic E-state index is -1.33. The summed E-state index contributed by atoms with van der Waals surface area (Å²) in [5.74, 6) is -1.99. The first kappa shape index (κ1) is 19.1. The molecule has 1 amide bonds. The molecule has 0 aromatic carbocycles. The number of hydroxylamine groups is 2. The molecule has 130 valence electrons. The Morgan fingerprint density at radius 1 is 1.39 bits per heavy atom. The molecule has 0 aromatic heterocycles. The SMILES string of the molecule is CCOC(=O)C1C(C)C=CC(N(C=O)OC(C)(C)C)C1[N+](=O)[O-]. The number of carbonyl (C=O) groups is 2. The molecule has 1 aliphatic rings. The maximum atomic E-state index is 12.2. The third-order valence-electron chi connectivity index (χ3n) is 3.48. The van der Waals surface area contributed by atoms with Gasteiger partial charge in [-0.2, -0.15) is 0 Å². The van der Waals surface area contributed by atoms with Gasteiger partial charge in [0.15, 0.2) is 0 Å². The van der Waals surface area contributed by atoms with Gasteiger partial charge in [0.05, 0.1) is 12.2 Å². The van der Waals surface area contributed by atoms with Gasteiger partial charge in [-0.1, -0.05) is 19.1 Å². The highest BCUT2D eigenvalue weighted by Crippen LogP contribution is 2.31. The van der Waals surface area contributed by atoms with Gasteiger partial charge in [-0.05, 0) is 33.6 Å². The number of nitro groups is 1. The third-order valence-corrected chi connectivity index (χ3v) is 3.48. The van der Waals surface area contributed by atoms with E-state index in [1.807, 2.05) is 0 Å². The number of ether oxygens (including phenoxy) is 1. The number of amides is 1. The molecule has 8 heteroatoms. The molecule has 0 aromatic rings. The predicted molar refractivity (Wildman–Crippen MR) is 81.7 cm³/mol. The summed E-state index contributed by atoms with van der Waals surface area (Å²) in [5, 5.41) is 12.5. The summed E-state index contributed by atoms with van der Waals surface area (Å²) in [4.78, 5) is 40.0. The number of nitrogens with zero attached hydrogens (tertiary/aromatic N) is 2. The Labute approximate surface area is 135 Å². The number of esters is 1. The number of hydrogen-bond acceptors (Lipinski definition) is 6. The van der Waals surface area contributed by atoms with Crippen molar-refractivity contribution in [2.24, 2.45) is 11.8 Å². The fourth-order valence-electron chi connectivity index (χ4n) is 2.60. The monoisotopic (exact) mass is 328 g/mol. The first-order chi connectivity index (χ1) is 10.6. The highest BCUT2D eigenvalue weighted by molar-refractivity contribution is 5.74. The fraction of sp³-hybridized carbons (Fsp3) is 0.733. The minimum absolute atomic E-state index is 0.136. The van der Waals surface area contributed by atoms with Crippen LogP contribution in [0, 0.1) is 22.0 Å². The van der Waals surface area contributed by atoms with Gasteiger partial charge >= 0.3 is 5.97 Å². The average Bonchev–Trinajstić information content (AvgIpc) is 2.43. The van der Waals surface area contributed by atoms with Crippen LogP contribution in [0.3, 0.4) is 0 Å². The number of carbonyl (C=O) groups excluding carboxylic acids is 2. The van der Waals surface area contributed by atoms with Crippen LogP contribution in [0.4, 0.5) is 0 Å². The van der Waals surface area contributed by atoms with Gasteiger partial charge in [-0.15, -0.1) is 0 Å². The molecule has 0 saturated carbocycles. The van der Waals surface area contributed by atoms with Gasteiger partial charge in [-0.3, -0.25) is 24.5 Å². The lowest BCUT2D eigenvalue weighted by Crippen LogP contribution is -2.55.